The number of rotatable bonds is 3. The van der Waals surface area contributed by atoms with Crippen molar-refractivity contribution in [3.05, 3.63) is 65.7 Å². The zero-order chi connectivity index (χ0) is 15.7. The van der Waals surface area contributed by atoms with Gasteiger partial charge in [-0.25, -0.2) is 4.79 Å². The van der Waals surface area contributed by atoms with Crippen molar-refractivity contribution in [2.75, 3.05) is 5.32 Å². The number of amides is 1. The number of carbonyl (C=O) groups excluding carboxylic acids is 2. The molecule has 0 radical (unpaired) electrons. The van der Waals surface area contributed by atoms with Crippen molar-refractivity contribution >= 4 is 17.6 Å². The van der Waals surface area contributed by atoms with Crippen molar-refractivity contribution in [1.29, 1.82) is 0 Å². The van der Waals surface area contributed by atoms with Crippen molar-refractivity contribution in [3.8, 4) is 0 Å². The van der Waals surface area contributed by atoms with Crippen LogP contribution in [-0.4, -0.2) is 23.1 Å². The van der Waals surface area contributed by atoms with Crippen LogP contribution >= 0.6 is 0 Å². The number of benzene rings is 2. The molecule has 0 saturated heterocycles. The van der Waals surface area contributed by atoms with E-state index in [1.165, 1.54) is 6.92 Å². The van der Waals surface area contributed by atoms with Gasteiger partial charge < -0.3 is 15.2 Å². The minimum absolute atomic E-state index is 0.298. The Bertz CT molecular complexity index is 726. The number of aliphatic hydroxyl groups excluding tert-OH is 1. The zero-order valence-corrected chi connectivity index (χ0v) is 11.9. The average molecular weight is 297 g/mol. The van der Waals surface area contributed by atoms with Crippen LogP contribution in [0.25, 0.3) is 0 Å². The Morgan fingerprint density at radius 3 is 2.45 bits per heavy atom. The van der Waals surface area contributed by atoms with Crippen LogP contribution in [0, 0.1) is 0 Å². The Kier molecular flexibility index (Phi) is 3.42. The molecule has 2 N–H and O–H groups in total. The van der Waals surface area contributed by atoms with Crippen LogP contribution in [0.4, 0.5) is 5.69 Å². The zero-order valence-electron chi connectivity index (χ0n) is 11.9. The molecule has 0 fully saturated rings. The van der Waals surface area contributed by atoms with Crippen LogP contribution in [0.3, 0.4) is 0 Å². The quantitative estimate of drug-likeness (QED) is 0.850. The third kappa shape index (κ3) is 2.07. The summed E-state index contributed by atoms with van der Waals surface area (Å²) in [5, 5.41) is 12.9. The number of para-hydroxylation sites is 1. The molecule has 2 atom stereocenters. The summed E-state index contributed by atoms with van der Waals surface area (Å²) in [5.41, 5.74) is -0.494. The predicted octanol–water partition coefficient (Wildman–Crippen LogP) is 2.07. The van der Waals surface area contributed by atoms with Crippen molar-refractivity contribution in [1.82, 2.24) is 0 Å². The Labute approximate surface area is 127 Å². The molecule has 1 amide bonds. The predicted molar refractivity (Wildman–Crippen MR) is 80.3 cm³/mol. The summed E-state index contributed by atoms with van der Waals surface area (Å²) in [7, 11) is 0. The molecule has 0 bridgehead atoms. The van der Waals surface area contributed by atoms with Crippen molar-refractivity contribution in [2.45, 2.75) is 18.6 Å². The fourth-order valence-corrected chi connectivity index (χ4v) is 2.66. The Balaban J connectivity index is 2.04. The normalized spacial score (nSPS) is 20.9. The summed E-state index contributed by atoms with van der Waals surface area (Å²) in [6, 6.07) is 15.4. The highest BCUT2D eigenvalue weighted by atomic mass is 16.6. The lowest BCUT2D eigenvalue weighted by molar-refractivity contribution is -0.146. The topological polar surface area (TPSA) is 75.6 Å². The van der Waals surface area contributed by atoms with Gasteiger partial charge in [0.1, 0.15) is 6.10 Å². The van der Waals surface area contributed by atoms with E-state index < -0.39 is 23.6 Å². The number of hydrogen-bond donors (Lipinski definition) is 2. The van der Waals surface area contributed by atoms with E-state index in [9.17, 15) is 14.7 Å². The highest BCUT2D eigenvalue weighted by molar-refractivity contribution is 6.06. The number of esters is 1. The number of aliphatic hydroxyl groups is 1. The molecule has 1 heterocycles. The van der Waals surface area contributed by atoms with Crippen LogP contribution < -0.4 is 5.32 Å². The van der Waals surface area contributed by atoms with Gasteiger partial charge >= 0.3 is 5.97 Å². The summed E-state index contributed by atoms with van der Waals surface area (Å²) in [5.74, 6) is -1.19. The van der Waals surface area contributed by atoms with Gasteiger partial charge in [-0.05, 0) is 25.1 Å². The van der Waals surface area contributed by atoms with E-state index in [0.717, 1.165) is 0 Å². The van der Waals surface area contributed by atoms with E-state index in [1.807, 2.05) is 6.07 Å². The molecule has 1 aliphatic heterocycles. The Hall–Kier alpha value is -2.66. The molecule has 0 saturated carbocycles. The molecule has 0 aliphatic carbocycles. The second-order valence-electron chi connectivity index (χ2n) is 5.17. The van der Waals surface area contributed by atoms with Gasteiger partial charge in [-0.3, -0.25) is 4.79 Å². The minimum atomic E-state index is -1.73. The van der Waals surface area contributed by atoms with Crippen LogP contribution in [0.1, 0.15) is 22.8 Å². The first-order valence-electron chi connectivity index (χ1n) is 6.93. The number of fused-ring (bicyclic) bond motifs is 1. The van der Waals surface area contributed by atoms with Crippen LogP contribution in [-0.2, 0) is 15.1 Å². The fraction of sp³-hybridized carbons (Fsp3) is 0.176. The molecule has 5 nitrogen and oxygen atoms in total. The van der Waals surface area contributed by atoms with Gasteiger partial charge in [-0.2, -0.15) is 0 Å². The molecule has 0 spiro atoms. The van der Waals surface area contributed by atoms with Gasteiger partial charge in [0.25, 0.3) is 5.91 Å². The summed E-state index contributed by atoms with van der Waals surface area (Å²) in [6.07, 6.45) is -1.19. The maximum atomic E-state index is 12.7. The molecular formula is C17H15NO4. The summed E-state index contributed by atoms with van der Waals surface area (Å²) in [6.45, 7) is 1.43. The van der Waals surface area contributed by atoms with Gasteiger partial charge in [-0.1, -0.05) is 36.4 Å². The fourth-order valence-electron chi connectivity index (χ4n) is 2.66. The molecule has 5 heteroatoms. The van der Waals surface area contributed by atoms with E-state index in [-0.39, 0.29) is 0 Å². The van der Waals surface area contributed by atoms with Crippen molar-refractivity contribution in [2.24, 2.45) is 0 Å². The van der Waals surface area contributed by atoms with Crippen LogP contribution in [0.15, 0.2) is 54.6 Å². The maximum absolute atomic E-state index is 12.7. The largest absolute Gasteiger partial charge is 0.437 e. The standard InChI is InChI=1S/C17H15NO4/c1-11(19)17(16(21)18-12-7-3-2-4-8-12)14-10-6-5-9-13(14)15(20)22-17/h2-11,19H,1H3,(H,18,21)/t11-,17+/m1/s1. The maximum Gasteiger partial charge on any atom is 0.340 e. The van der Waals surface area contributed by atoms with Crippen molar-refractivity contribution in [3.63, 3.8) is 0 Å². The van der Waals surface area contributed by atoms with Crippen LogP contribution in [0.5, 0.6) is 0 Å². The van der Waals surface area contributed by atoms with E-state index in [4.69, 9.17) is 4.74 Å². The van der Waals surface area contributed by atoms with Crippen LogP contribution in [0.2, 0.25) is 0 Å². The summed E-state index contributed by atoms with van der Waals surface area (Å²) >= 11 is 0. The molecule has 2 aromatic rings. The molecular weight excluding hydrogens is 282 g/mol. The molecule has 1 aliphatic rings. The van der Waals surface area contributed by atoms with Gasteiger partial charge in [0.05, 0.1) is 5.56 Å². The third-order valence-corrected chi connectivity index (χ3v) is 3.76. The van der Waals surface area contributed by atoms with Gasteiger partial charge in [0.15, 0.2) is 0 Å². The van der Waals surface area contributed by atoms with Gasteiger partial charge in [0.2, 0.25) is 5.60 Å². The third-order valence-electron chi connectivity index (χ3n) is 3.76. The number of anilines is 1. The summed E-state index contributed by atoms with van der Waals surface area (Å²) in [4.78, 5) is 24.8. The molecule has 0 unspecified atom stereocenters. The SMILES string of the molecule is C[C@@H](O)[C@]1(C(=O)Nc2ccccc2)OC(=O)c2ccccc21. The first-order chi connectivity index (χ1) is 10.6. The van der Waals surface area contributed by atoms with Gasteiger partial charge in [0, 0.05) is 11.3 Å². The molecule has 112 valence electrons. The lowest BCUT2D eigenvalue weighted by Crippen LogP contribution is -2.48. The first kappa shape index (κ1) is 14.3. The smallest absolute Gasteiger partial charge is 0.340 e. The molecule has 3 rings (SSSR count). The summed E-state index contributed by atoms with van der Waals surface area (Å²) < 4.78 is 5.31. The molecule has 2 aromatic carbocycles. The second-order valence-corrected chi connectivity index (χ2v) is 5.17. The first-order valence-corrected chi connectivity index (χ1v) is 6.93. The highest BCUT2D eigenvalue weighted by Crippen LogP contribution is 2.40. The van der Waals surface area contributed by atoms with E-state index >= 15 is 0 Å². The average Bonchev–Trinajstić information content (AvgIpc) is 2.83. The lowest BCUT2D eigenvalue weighted by Gasteiger charge is -2.30. The number of cyclic esters (lactones) is 1. The Morgan fingerprint density at radius 1 is 1.14 bits per heavy atom. The Morgan fingerprint density at radius 2 is 1.77 bits per heavy atom. The lowest BCUT2D eigenvalue weighted by atomic mass is 9.87. The van der Waals surface area contributed by atoms with Crippen molar-refractivity contribution < 1.29 is 19.4 Å². The highest BCUT2D eigenvalue weighted by Gasteiger charge is 2.55. The van der Waals surface area contributed by atoms with Gasteiger partial charge in [-0.15, -0.1) is 0 Å². The number of hydrogen-bond acceptors (Lipinski definition) is 4. The number of ether oxygens (including phenoxy) is 1. The minimum Gasteiger partial charge on any atom is -0.437 e. The number of nitrogens with one attached hydrogen (secondary N) is 1. The monoisotopic (exact) mass is 297 g/mol. The van der Waals surface area contributed by atoms with E-state index in [0.29, 0.717) is 16.8 Å². The van der Waals surface area contributed by atoms with E-state index in [1.54, 1.807) is 48.5 Å². The molecule has 0 aromatic heterocycles. The second kappa shape index (κ2) is 5.27. The molecule has 22 heavy (non-hydrogen) atoms. The number of carbonyl (C=O) groups is 2. The van der Waals surface area contributed by atoms with E-state index in [2.05, 4.69) is 5.32 Å².